The van der Waals surface area contributed by atoms with E-state index in [9.17, 15) is 19.5 Å². The average molecular weight is 461 g/mol. The zero-order valence-electron chi connectivity index (χ0n) is 18.9. The Balaban J connectivity index is 1.12. The van der Waals surface area contributed by atoms with Gasteiger partial charge in [-0.05, 0) is 53.9 Å². The predicted octanol–water partition coefficient (Wildman–Crippen LogP) is 3.63. The Hall–Kier alpha value is -3.35. The summed E-state index contributed by atoms with van der Waals surface area (Å²) in [5.74, 6) is -1.47. The number of amides is 2. The Kier molecular flexibility index (Phi) is 4.90. The number of hydrogen-bond acceptors (Lipinski definition) is 4. The molecule has 2 saturated carbocycles. The largest absolute Gasteiger partial charge is 0.481 e. The number of fused-ring (bicyclic) bond motifs is 3. The van der Waals surface area contributed by atoms with E-state index in [1.54, 1.807) is 4.90 Å². The summed E-state index contributed by atoms with van der Waals surface area (Å²) < 4.78 is 5.66. The number of alkyl carbamates (subject to hydrolysis) is 1. The number of carboxylic acids is 1. The van der Waals surface area contributed by atoms with Gasteiger partial charge in [0.2, 0.25) is 5.91 Å². The van der Waals surface area contributed by atoms with Gasteiger partial charge in [-0.3, -0.25) is 9.59 Å². The first-order valence-corrected chi connectivity index (χ1v) is 12.1. The Bertz CT molecular complexity index is 1120. The summed E-state index contributed by atoms with van der Waals surface area (Å²) in [6.45, 7) is 0.890. The number of rotatable bonds is 6. The first-order chi connectivity index (χ1) is 16.5. The molecule has 2 unspecified atom stereocenters. The van der Waals surface area contributed by atoms with E-state index in [-0.39, 0.29) is 36.3 Å². The van der Waals surface area contributed by atoms with Crippen LogP contribution in [0.2, 0.25) is 0 Å². The Labute approximate surface area is 198 Å². The van der Waals surface area contributed by atoms with E-state index in [0.717, 1.165) is 47.9 Å². The molecule has 6 rings (SSSR count). The molecule has 2 atom stereocenters. The van der Waals surface area contributed by atoms with Crippen LogP contribution in [0.25, 0.3) is 11.1 Å². The minimum absolute atomic E-state index is 0.0436. The average Bonchev–Trinajstić information content (AvgIpc) is 3.75. The van der Waals surface area contributed by atoms with Crippen LogP contribution < -0.4 is 5.32 Å². The summed E-state index contributed by atoms with van der Waals surface area (Å²) in [7, 11) is 0. The molecule has 34 heavy (non-hydrogen) atoms. The SMILES string of the molecule is O=C(NC(C(=O)N1CC(C(=O)O)C2(CC2)C1)C1CC1)OCC1c2ccccc2-c2ccccc21. The molecule has 0 radical (unpaired) electrons. The van der Waals surface area contributed by atoms with Crippen LogP contribution in [0, 0.1) is 17.3 Å². The number of aliphatic carboxylic acids is 1. The van der Waals surface area contributed by atoms with Crippen molar-refractivity contribution < 1.29 is 24.2 Å². The van der Waals surface area contributed by atoms with E-state index in [1.165, 1.54) is 0 Å². The fourth-order valence-corrected chi connectivity index (χ4v) is 5.92. The van der Waals surface area contributed by atoms with E-state index >= 15 is 0 Å². The molecule has 176 valence electrons. The van der Waals surface area contributed by atoms with Gasteiger partial charge in [0.15, 0.2) is 0 Å². The number of nitrogens with one attached hydrogen (secondary N) is 1. The number of hydrogen-bond donors (Lipinski definition) is 2. The summed E-state index contributed by atoms with van der Waals surface area (Å²) in [5, 5.41) is 12.4. The molecule has 2 amide bonds. The lowest BCUT2D eigenvalue weighted by Gasteiger charge is -2.24. The van der Waals surface area contributed by atoms with E-state index in [4.69, 9.17) is 4.74 Å². The molecule has 3 aliphatic carbocycles. The maximum absolute atomic E-state index is 13.3. The standard InChI is InChI=1S/C27H28N2O5/c30-24(29-13-22(25(31)32)27(15-29)11-12-27)23(16-9-10-16)28-26(33)34-14-21-19-7-3-1-5-17(19)18-6-2-4-8-20(18)21/h1-8,16,21-23H,9-15H2,(H,28,33)(H,31,32). The minimum Gasteiger partial charge on any atom is -0.481 e. The summed E-state index contributed by atoms with van der Waals surface area (Å²) in [5.41, 5.74) is 4.33. The van der Waals surface area contributed by atoms with Crippen molar-refractivity contribution in [3.63, 3.8) is 0 Å². The highest BCUT2D eigenvalue weighted by atomic mass is 16.5. The van der Waals surface area contributed by atoms with Crippen molar-refractivity contribution in [3.8, 4) is 11.1 Å². The van der Waals surface area contributed by atoms with Crippen molar-refractivity contribution in [2.24, 2.45) is 17.3 Å². The lowest BCUT2D eigenvalue weighted by Crippen LogP contribution is -2.49. The molecule has 0 aromatic heterocycles. The van der Waals surface area contributed by atoms with Crippen molar-refractivity contribution in [1.29, 1.82) is 0 Å². The second-order valence-corrected chi connectivity index (χ2v) is 10.3. The van der Waals surface area contributed by atoms with Crippen LogP contribution in [0.1, 0.15) is 42.7 Å². The number of carbonyl (C=O) groups is 3. The van der Waals surface area contributed by atoms with Crippen molar-refractivity contribution in [2.45, 2.75) is 37.6 Å². The molecule has 2 N–H and O–H groups in total. The van der Waals surface area contributed by atoms with Crippen molar-refractivity contribution in [2.75, 3.05) is 19.7 Å². The molecule has 1 spiro atoms. The van der Waals surface area contributed by atoms with E-state index in [2.05, 4.69) is 29.6 Å². The van der Waals surface area contributed by atoms with Gasteiger partial charge >= 0.3 is 12.1 Å². The predicted molar refractivity (Wildman–Crippen MR) is 124 cm³/mol. The van der Waals surface area contributed by atoms with E-state index in [0.29, 0.717) is 6.54 Å². The first kappa shape index (κ1) is 21.2. The smallest absolute Gasteiger partial charge is 0.407 e. The maximum atomic E-state index is 13.3. The van der Waals surface area contributed by atoms with Gasteiger partial charge in [0.25, 0.3) is 0 Å². The lowest BCUT2D eigenvalue weighted by atomic mass is 9.93. The summed E-state index contributed by atoms with van der Waals surface area (Å²) >= 11 is 0. The summed E-state index contributed by atoms with van der Waals surface area (Å²) in [4.78, 5) is 39.4. The summed E-state index contributed by atoms with van der Waals surface area (Å²) in [6.07, 6.45) is 2.86. The van der Waals surface area contributed by atoms with E-state index in [1.807, 2.05) is 24.3 Å². The Morgan fingerprint density at radius 3 is 2.18 bits per heavy atom. The van der Waals surface area contributed by atoms with Gasteiger partial charge < -0.3 is 20.1 Å². The van der Waals surface area contributed by atoms with Gasteiger partial charge in [0.05, 0.1) is 5.92 Å². The highest BCUT2D eigenvalue weighted by Gasteiger charge is 2.59. The second kappa shape index (κ2) is 7.86. The van der Waals surface area contributed by atoms with Crippen LogP contribution in [-0.4, -0.2) is 53.7 Å². The second-order valence-electron chi connectivity index (χ2n) is 10.3. The molecule has 1 aliphatic heterocycles. The Morgan fingerprint density at radius 2 is 1.65 bits per heavy atom. The van der Waals surface area contributed by atoms with E-state index < -0.39 is 24.0 Å². The molecule has 2 aromatic carbocycles. The van der Waals surface area contributed by atoms with Crippen LogP contribution in [0.4, 0.5) is 4.79 Å². The molecule has 4 aliphatic rings. The van der Waals surface area contributed by atoms with Crippen molar-refractivity contribution >= 4 is 18.0 Å². The highest BCUT2D eigenvalue weighted by molar-refractivity contribution is 5.88. The van der Waals surface area contributed by atoms with Crippen LogP contribution in [0.5, 0.6) is 0 Å². The third-order valence-corrected chi connectivity index (χ3v) is 8.13. The van der Waals surface area contributed by atoms with Crippen LogP contribution in [0.3, 0.4) is 0 Å². The van der Waals surface area contributed by atoms with Gasteiger partial charge in [-0.25, -0.2) is 4.79 Å². The number of likely N-dealkylation sites (tertiary alicyclic amines) is 1. The third-order valence-electron chi connectivity index (χ3n) is 8.13. The van der Waals surface area contributed by atoms with Crippen LogP contribution >= 0.6 is 0 Å². The van der Waals surface area contributed by atoms with Crippen LogP contribution in [-0.2, 0) is 14.3 Å². The lowest BCUT2D eigenvalue weighted by molar-refractivity contribution is -0.143. The van der Waals surface area contributed by atoms with Gasteiger partial charge in [0.1, 0.15) is 12.6 Å². The number of carboxylic acid groups (broad SMARTS) is 1. The molecule has 3 fully saturated rings. The molecule has 7 nitrogen and oxygen atoms in total. The van der Waals surface area contributed by atoms with Gasteiger partial charge in [0, 0.05) is 24.4 Å². The number of nitrogens with zero attached hydrogens (tertiary/aromatic N) is 1. The number of carbonyl (C=O) groups excluding carboxylic acids is 2. The Morgan fingerprint density at radius 1 is 1.03 bits per heavy atom. The van der Waals surface area contributed by atoms with Gasteiger partial charge in [-0.2, -0.15) is 0 Å². The maximum Gasteiger partial charge on any atom is 0.407 e. The molecule has 1 heterocycles. The highest BCUT2D eigenvalue weighted by Crippen LogP contribution is 2.56. The normalized spacial score (nSPS) is 22.7. The van der Waals surface area contributed by atoms with Gasteiger partial charge in [-0.1, -0.05) is 48.5 Å². The van der Waals surface area contributed by atoms with Gasteiger partial charge in [-0.15, -0.1) is 0 Å². The quantitative estimate of drug-likeness (QED) is 0.686. The molecule has 0 bridgehead atoms. The number of benzene rings is 2. The fourth-order valence-electron chi connectivity index (χ4n) is 5.92. The molecule has 7 heteroatoms. The molecular formula is C27H28N2O5. The van der Waals surface area contributed by atoms with Crippen molar-refractivity contribution in [3.05, 3.63) is 59.7 Å². The molecule has 2 aromatic rings. The monoisotopic (exact) mass is 460 g/mol. The minimum atomic E-state index is -0.833. The first-order valence-electron chi connectivity index (χ1n) is 12.1. The zero-order chi connectivity index (χ0) is 23.4. The molecule has 1 saturated heterocycles. The van der Waals surface area contributed by atoms with Crippen molar-refractivity contribution in [1.82, 2.24) is 10.2 Å². The topological polar surface area (TPSA) is 95.9 Å². The van der Waals surface area contributed by atoms with Crippen LogP contribution in [0.15, 0.2) is 48.5 Å². The summed E-state index contributed by atoms with van der Waals surface area (Å²) in [6, 6.07) is 15.7. The zero-order valence-corrected chi connectivity index (χ0v) is 18.9. The third kappa shape index (κ3) is 3.54. The fraction of sp³-hybridized carbons (Fsp3) is 0.444. The molecular weight excluding hydrogens is 432 g/mol. The number of ether oxygens (including phenoxy) is 1.